The lowest BCUT2D eigenvalue weighted by atomic mass is 10.2. The van der Waals surface area contributed by atoms with Crippen molar-refractivity contribution in [2.24, 2.45) is 0 Å². The van der Waals surface area contributed by atoms with E-state index in [-0.39, 0.29) is 18.4 Å². The van der Waals surface area contributed by atoms with Gasteiger partial charge in [0.25, 0.3) is 0 Å². The topological polar surface area (TPSA) is 55.5 Å². The summed E-state index contributed by atoms with van der Waals surface area (Å²) in [5.41, 5.74) is 2.12. The van der Waals surface area contributed by atoms with E-state index < -0.39 is 5.76 Å². The van der Waals surface area contributed by atoms with Crippen molar-refractivity contribution < 1.29 is 9.21 Å². The van der Waals surface area contributed by atoms with Gasteiger partial charge >= 0.3 is 5.76 Å². The molecule has 1 heterocycles. The van der Waals surface area contributed by atoms with E-state index in [4.69, 9.17) is 4.42 Å². The Labute approximate surface area is 140 Å². The van der Waals surface area contributed by atoms with Crippen LogP contribution >= 0.6 is 0 Å². The summed E-state index contributed by atoms with van der Waals surface area (Å²) in [6, 6.07) is 16.8. The molecule has 0 aliphatic rings. The molecule has 0 saturated carbocycles. The zero-order chi connectivity index (χ0) is 17.1. The minimum Gasteiger partial charge on any atom is -0.408 e. The SMILES string of the molecule is CC(C)N(C(=O)CCn1c(=O)oc2ccccc21)c1ccccc1. The molecule has 0 saturated heterocycles. The van der Waals surface area contributed by atoms with Gasteiger partial charge in [0.05, 0.1) is 5.52 Å². The Hall–Kier alpha value is -2.82. The van der Waals surface area contributed by atoms with E-state index in [0.717, 1.165) is 5.69 Å². The number of nitrogens with zero attached hydrogens (tertiary/aromatic N) is 2. The molecule has 3 rings (SSSR count). The Balaban J connectivity index is 1.81. The first-order valence-corrected chi connectivity index (χ1v) is 8.03. The van der Waals surface area contributed by atoms with Gasteiger partial charge in [0.2, 0.25) is 5.91 Å². The van der Waals surface area contributed by atoms with E-state index in [1.807, 2.05) is 62.4 Å². The van der Waals surface area contributed by atoms with E-state index in [2.05, 4.69) is 0 Å². The molecule has 0 aliphatic heterocycles. The second-order valence-electron chi connectivity index (χ2n) is 5.93. The van der Waals surface area contributed by atoms with Crippen molar-refractivity contribution in [3.05, 3.63) is 65.1 Å². The molecular formula is C19H20N2O3. The number of carbonyl (C=O) groups excluding carboxylic acids is 1. The molecule has 0 bridgehead atoms. The molecule has 5 nitrogen and oxygen atoms in total. The molecule has 0 fully saturated rings. The van der Waals surface area contributed by atoms with Crippen LogP contribution in [0.3, 0.4) is 0 Å². The number of aryl methyl sites for hydroxylation is 1. The number of benzene rings is 2. The molecule has 0 spiro atoms. The number of rotatable bonds is 5. The number of amides is 1. The number of para-hydroxylation sites is 3. The van der Waals surface area contributed by atoms with Crippen molar-refractivity contribution in [1.29, 1.82) is 0 Å². The molecule has 0 aliphatic carbocycles. The minimum absolute atomic E-state index is 0.0200. The quantitative estimate of drug-likeness (QED) is 0.722. The van der Waals surface area contributed by atoms with Crippen LogP contribution in [0.4, 0.5) is 5.69 Å². The lowest BCUT2D eigenvalue weighted by molar-refractivity contribution is -0.119. The zero-order valence-corrected chi connectivity index (χ0v) is 13.8. The van der Waals surface area contributed by atoms with Gasteiger partial charge in [0.15, 0.2) is 5.58 Å². The van der Waals surface area contributed by atoms with E-state index in [0.29, 0.717) is 17.6 Å². The highest BCUT2D eigenvalue weighted by molar-refractivity contribution is 5.93. The van der Waals surface area contributed by atoms with Crippen molar-refractivity contribution in [2.45, 2.75) is 32.9 Å². The number of oxazole rings is 1. The summed E-state index contributed by atoms with van der Waals surface area (Å²) in [5.74, 6) is -0.451. The molecule has 124 valence electrons. The second-order valence-corrected chi connectivity index (χ2v) is 5.93. The summed E-state index contributed by atoms with van der Waals surface area (Å²) < 4.78 is 6.72. The van der Waals surface area contributed by atoms with Gasteiger partial charge in [0, 0.05) is 24.7 Å². The lowest BCUT2D eigenvalue weighted by Gasteiger charge is -2.27. The van der Waals surface area contributed by atoms with Gasteiger partial charge in [-0.05, 0) is 38.1 Å². The highest BCUT2D eigenvalue weighted by Gasteiger charge is 2.19. The Morgan fingerprint density at radius 2 is 1.75 bits per heavy atom. The van der Waals surface area contributed by atoms with Crippen LogP contribution < -0.4 is 10.7 Å². The first-order valence-electron chi connectivity index (χ1n) is 8.03. The summed E-state index contributed by atoms with van der Waals surface area (Å²) in [6.45, 7) is 4.25. The second kappa shape index (κ2) is 6.74. The molecule has 3 aromatic rings. The van der Waals surface area contributed by atoms with Crippen molar-refractivity contribution in [3.63, 3.8) is 0 Å². The summed E-state index contributed by atoms with van der Waals surface area (Å²) >= 11 is 0. The summed E-state index contributed by atoms with van der Waals surface area (Å²) in [4.78, 5) is 26.5. The molecule has 2 aromatic carbocycles. The fraction of sp³-hybridized carbons (Fsp3) is 0.263. The smallest absolute Gasteiger partial charge is 0.408 e. The molecule has 1 aromatic heterocycles. The predicted octanol–water partition coefficient (Wildman–Crippen LogP) is 3.43. The van der Waals surface area contributed by atoms with E-state index in [9.17, 15) is 9.59 Å². The van der Waals surface area contributed by atoms with Gasteiger partial charge in [0.1, 0.15) is 0 Å². The normalized spacial score (nSPS) is 11.1. The molecule has 1 amide bonds. The van der Waals surface area contributed by atoms with Crippen LogP contribution in [0.25, 0.3) is 11.1 Å². The number of aromatic nitrogens is 1. The average Bonchev–Trinajstić information content (AvgIpc) is 2.89. The standard InChI is InChI=1S/C19H20N2O3/c1-14(2)21(15-8-4-3-5-9-15)18(22)12-13-20-16-10-6-7-11-17(16)24-19(20)23/h3-11,14H,12-13H2,1-2H3. The van der Waals surface area contributed by atoms with Gasteiger partial charge in [-0.2, -0.15) is 0 Å². The summed E-state index contributed by atoms with van der Waals surface area (Å²) in [6.07, 6.45) is 0.233. The summed E-state index contributed by atoms with van der Waals surface area (Å²) in [7, 11) is 0. The fourth-order valence-electron chi connectivity index (χ4n) is 2.87. The number of carbonyl (C=O) groups is 1. The van der Waals surface area contributed by atoms with E-state index in [1.165, 1.54) is 4.57 Å². The highest BCUT2D eigenvalue weighted by Crippen LogP contribution is 2.18. The molecule has 5 heteroatoms. The predicted molar refractivity (Wildman–Crippen MR) is 94.2 cm³/mol. The Bertz CT molecular complexity index is 894. The molecule has 0 unspecified atom stereocenters. The minimum atomic E-state index is -0.431. The monoisotopic (exact) mass is 324 g/mol. The number of hydrogen-bond donors (Lipinski definition) is 0. The zero-order valence-electron chi connectivity index (χ0n) is 13.8. The van der Waals surface area contributed by atoms with Gasteiger partial charge < -0.3 is 9.32 Å². The van der Waals surface area contributed by atoms with Gasteiger partial charge in [-0.15, -0.1) is 0 Å². The van der Waals surface area contributed by atoms with Gasteiger partial charge in [-0.25, -0.2) is 4.79 Å². The number of fused-ring (bicyclic) bond motifs is 1. The van der Waals surface area contributed by atoms with Crippen molar-refractivity contribution in [1.82, 2.24) is 4.57 Å². The number of anilines is 1. The Morgan fingerprint density at radius 3 is 2.46 bits per heavy atom. The van der Waals surface area contributed by atoms with Crippen molar-refractivity contribution >= 4 is 22.7 Å². The maximum atomic E-state index is 12.7. The highest BCUT2D eigenvalue weighted by atomic mass is 16.4. The molecule has 24 heavy (non-hydrogen) atoms. The van der Waals surface area contributed by atoms with Crippen molar-refractivity contribution in [2.75, 3.05) is 4.90 Å². The van der Waals surface area contributed by atoms with Crippen LogP contribution in [-0.4, -0.2) is 16.5 Å². The van der Waals surface area contributed by atoms with E-state index in [1.54, 1.807) is 11.0 Å². The van der Waals surface area contributed by atoms with Crippen LogP contribution in [0.15, 0.2) is 63.8 Å². The lowest BCUT2D eigenvalue weighted by Crippen LogP contribution is -2.37. The van der Waals surface area contributed by atoms with Crippen LogP contribution in [0.1, 0.15) is 20.3 Å². The Kier molecular flexibility index (Phi) is 4.51. The Morgan fingerprint density at radius 1 is 1.08 bits per heavy atom. The average molecular weight is 324 g/mol. The maximum Gasteiger partial charge on any atom is 0.419 e. The largest absolute Gasteiger partial charge is 0.419 e. The van der Waals surface area contributed by atoms with E-state index >= 15 is 0 Å². The number of hydrogen-bond acceptors (Lipinski definition) is 3. The van der Waals surface area contributed by atoms with Crippen LogP contribution in [0.5, 0.6) is 0 Å². The van der Waals surface area contributed by atoms with Crippen LogP contribution in [-0.2, 0) is 11.3 Å². The molecule has 0 radical (unpaired) electrons. The van der Waals surface area contributed by atoms with Crippen molar-refractivity contribution in [3.8, 4) is 0 Å². The van der Waals surface area contributed by atoms with Gasteiger partial charge in [-0.1, -0.05) is 30.3 Å². The maximum absolute atomic E-state index is 12.7. The molecule has 0 N–H and O–H groups in total. The first kappa shape index (κ1) is 16.1. The third kappa shape index (κ3) is 3.11. The van der Waals surface area contributed by atoms with Crippen LogP contribution in [0, 0.1) is 0 Å². The van der Waals surface area contributed by atoms with Gasteiger partial charge in [-0.3, -0.25) is 9.36 Å². The molecular weight excluding hydrogens is 304 g/mol. The summed E-state index contributed by atoms with van der Waals surface area (Å²) in [5, 5.41) is 0. The third-order valence-electron chi connectivity index (χ3n) is 3.94. The van der Waals surface area contributed by atoms with Crippen LogP contribution in [0.2, 0.25) is 0 Å². The molecule has 0 atom stereocenters. The fourth-order valence-corrected chi connectivity index (χ4v) is 2.87. The third-order valence-corrected chi connectivity index (χ3v) is 3.94. The first-order chi connectivity index (χ1) is 11.6.